The molecule has 0 aliphatic carbocycles. The Kier molecular flexibility index (Phi) is 7.56. The van der Waals surface area contributed by atoms with E-state index in [9.17, 15) is 13.2 Å². The topological polar surface area (TPSA) is 48.9 Å². The lowest BCUT2D eigenvalue weighted by atomic mass is 9.94. The van der Waals surface area contributed by atoms with Crippen LogP contribution in [0.5, 0.6) is 5.75 Å². The Morgan fingerprint density at radius 1 is 1.23 bits per heavy atom. The molecule has 0 bridgehead atoms. The molecule has 8 heteroatoms. The molecule has 1 aromatic rings. The molecule has 1 saturated heterocycles. The van der Waals surface area contributed by atoms with E-state index in [4.69, 9.17) is 0 Å². The number of halogens is 3. The van der Waals surface area contributed by atoms with E-state index < -0.39 is 6.36 Å². The fraction of sp³-hybridized carbons (Fsp3) is 0.611. The Labute approximate surface area is 152 Å². The molecule has 0 amide bonds. The average molecular weight is 372 g/mol. The quantitative estimate of drug-likeness (QED) is 0.595. The molecule has 1 aliphatic heterocycles. The van der Waals surface area contributed by atoms with Gasteiger partial charge in [-0.2, -0.15) is 0 Å². The van der Waals surface area contributed by atoms with E-state index in [0.717, 1.165) is 26.1 Å². The van der Waals surface area contributed by atoms with Crippen LogP contribution in [-0.2, 0) is 6.54 Å². The SMILES string of the molecule is CN=C(NCCC1CCN(C)CC1)NCc1ccccc1OC(F)(F)F. The van der Waals surface area contributed by atoms with Crippen molar-refractivity contribution in [2.75, 3.05) is 33.7 Å². The first kappa shape index (κ1) is 20.4. The van der Waals surface area contributed by atoms with Crippen molar-refractivity contribution in [3.63, 3.8) is 0 Å². The first-order valence-electron chi connectivity index (χ1n) is 8.84. The zero-order valence-electron chi connectivity index (χ0n) is 15.3. The van der Waals surface area contributed by atoms with Crippen LogP contribution in [0.4, 0.5) is 13.2 Å². The average Bonchev–Trinajstić information content (AvgIpc) is 2.59. The van der Waals surface area contributed by atoms with Crippen molar-refractivity contribution in [2.45, 2.75) is 32.2 Å². The third kappa shape index (κ3) is 7.11. The molecule has 5 nitrogen and oxygen atoms in total. The number of hydrogen-bond donors (Lipinski definition) is 2. The van der Waals surface area contributed by atoms with Crippen molar-refractivity contribution in [3.05, 3.63) is 29.8 Å². The minimum absolute atomic E-state index is 0.195. The van der Waals surface area contributed by atoms with Gasteiger partial charge in [0.15, 0.2) is 5.96 Å². The second kappa shape index (κ2) is 9.66. The van der Waals surface area contributed by atoms with Gasteiger partial charge in [0.1, 0.15) is 5.75 Å². The van der Waals surface area contributed by atoms with Crippen LogP contribution in [0.2, 0.25) is 0 Å². The highest BCUT2D eigenvalue weighted by Crippen LogP contribution is 2.26. The van der Waals surface area contributed by atoms with Crippen LogP contribution in [-0.4, -0.2) is 51.0 Å². The third-order valence-electron chi connectivity index (χ3n) is 4.55. The van der Waals surface area contributed by atoms with Gasteiger partial charge in [0, 0.05) is 25.7 Å². The first-order valence-corrected chi connectivity index (χ1v) is 8.84. The van der Waals surface area contributed by atoms with Crippen molar-refractivity contribution in [1.82, 2.24) is 15.5 Å². The summed E-state index contributed by atoms with van der Waals surface area (Å²) in [6.07, 6.45) is -1.24. The molecule has 2 rings (SSSR count). The van der Waals surface area contributed by atoms with Crippen molar-refractivity contribution < 1.29 is 17.9 Å². The Morgan fingerprint density at radius 2 is 1.92 bits per heavy atom. The highest BCUT2D eigenvalue weighted by molar-refractivity contribution is 5.79. The number of hydrogen-bond acceptors (Lipinski definition) is 3. The molecule has 26 heavy (non-hydrogen) atoms. The Balaban J connectivity index is 1.78. The van der Waals surface area contributed by atoms with Crippen molar-refractivity contribution in [2.24, 2.45) is 10.9 Å². The molecule has 0 spiro atoms. The summed E-state index contributed by atoms with van der Waals surface area (Å²) in [7, 11) is 3.78. The zero-order chi connectivity index (χ0) is 19.0. The number of guanidine groups is 1. The number of likely N-dealkylation sites (tertiary alicyclic amines) is 1. The number of piperidine rings is 1. The van der Waals surface area contributed by atoms with Crippen LogP contribution >= 0.6 is 0 Å². The molecule has 0 atom stereocenters. The van der Waals surface area contributed by atoms with Gasteiger partial charge in [0.05, 0.1) is 0 Å². The summed E-state index contributed by atoms with van der Waals surface area (Å²) in [6.45, 7) is 3.25. The van der Waals surface area contributed by atoms with Gasteiger partial charge in [-0.25, -0.2) is 0 Å². The zero-order valence-corrected chi connectivity index (χ0v) is 15.3. The lowest BCUT2D eigenvalue weighted by molar-refractivity contribution is -0.274. The van der Waals surface area contributed by atoms with Gasteiger partial charge >= 0.3 is 6.36 Å². The minimum atomic E-state index is -4.70. The normalized spacial score (nSPS) is 17.2. The van der Waals surface area contributed by atoms with E-state index >= 15 is 0 Å². The predicted octanol–water partition coefficient (Wildman–Crippen LogP) is 2.98. The fourth-order valence-corrected chi connectivity index (χ4v) is 3.02. The fourth-order valence-electron chi connectivity index (χ4n) is 3.02. The van der Waals surface area contributed by atoms with Gasteiger partial charge < -0.3 is 20.3 Å². The predicted molar refractivity (Wildman–Crippen MR) is 96.2 cm³/mol. The summed E-state index contributed by atoms with van der Waals surface area (Å²) < 4.78 is 41.5. The Morgan fingerprint density at radius 3 is 2.58 bits per heavy atom. The maximum Gasteiger partial charge on any atom is 0.573 e. The van der Waals surface area contributed by atoms with E-state index in [-0.39, 0.29) is 12.3 Å². The Hall–Kier alpha value is -1.96. The molecular weight excluding hydrogens is 345 g/mol. The van der Waals surface area contributed by atoms with Gasteiger partial charge in [-0.05, 0) is 51.4 Å². The summed E-state index contributed by atoms with van der Waals surface area (Å²) in [5, 5.41) is 6.27. The van der Waals surface area contributed by atoms with Crippen LogP contribution < -0.4 is 15.4 Å². The Bertz CT molecular complexity index is 584. The van der Waals surface area contributed by atoms with Crippen LogP contribution in [0.3, 0.4) is 0 Å². The van der Waals surface area contributed by atoms with E-state index in [1.165, 1.54) is 25.0 Å². The lowest BCUT2D eigenvalue weighted by Crippen LogP contribution is -2.38. The molecule has 0 unspecified atom stereocenters. The molecule has 1 aliphatic rings. The van der Waals surface area contributed by atoms with Gasteiger partial charge in [0.25, 0.3) is 0 Å². The summed E-state index contributed by atoms with van der Waals surface area (Å²) in [5.74, 6) is 1.08. The third-order valence-corrected chi connectivity index (χ3v) is 4.55. The maximum atomic E-state index is 12.5. The van der Waals surface area contributed by atoms with Crippen LogP contribution in [0.25, 0.3) is 0 Å². The van der Waals surface area contributed by atoms with Gasteiger partial charge in [0.2, 0.25) is 0 Å². The number of nitrogens with one attached hydrogen (secondary N) is 2. The number of alkyl halides is 3. The minimum Gasteiger partial charge on any atom is -0.405 e. The van der Waals surface area contributed by atoms with Gasteiger partial charge in [-0.15, -0.1) is 13.2 Å². The number of rotatable bonds is 6. The lowest BCUT2D eigenvalue weighted by Gasteiger charge is -2.29. The van der Waals surface area contributed by atoms with E-state index in [1.807, 2.05) is 0 Å². The highest BCUT2D eigenvalue weighted by atomic mass is 19.4. The summed E-state index contributed by atoms with van der Waals surface area (Å²) in [5.41, 5.74) is 0.420. The number of nitrogens with zero attached hydrogens (tertiary/aromatic N) is 2. The number of benzene rings is 1. The van der Waals surface area contributed by atoms with Crippen LogP contribution in [0, 0.1) is 5.92 Å². The highest BCUT2D eigenvalue weighted by Gasteiger charge is 2.31. The summed E-state index contributed by atoms with van der Waals surface area (Å²) in [6, 6.07) is 6.09. The van der Waals surface area contributed by atoms with Crippen molar-refractivity contribution in [1.29, 1.82) is 0 Å². The van der Waals surface area contributed by atoms with Crippen molar-refractivity contribution >= 4 is 5.96 Å². The maximum absolute atomic E-state index is 12.5. The molecule has 146 valence electrons. The van der Waals surface area contributed by atoms with E-state index in [2.05, 4.69) is 32.3 Å². The van der Waals surface area contributed by atoms with Gasteiger partial charge in [-0.1, -0.05) is 18.2 Å². The van der Waals surface area contributed by atoms with Crippen LogP contribution in [0.15, 0.2) is 29.3 Å². The summed E-state index contributed by atoms with van der Waals surface area (Å²) >= 11 is 0. The van der Waals surface area contributed by atoms with E-state index in [1.54, 1.807) is 19.2 Å². The molecular formula is C18H27F3N4O. The number of aliphatic imine (C=N–C) groups is 1. The standard InChI is InChI=1S/C18H27F3N4O/c1-22-17(23-10-7-14-8-11-25(2)12-9-14)24-13-15-5-3-4-6-16(15)26-18(19,20)21/h3-6,14H,7-13H2,1-2H3,(H2,22,23,24). The molecule has 1 heterocycles. The second-order valence-electron chi connectivity index (χ2n) is 6.54. The van der Waals surface area contributed by atoms with E-state index in [0.29, 0.717) is 17.4 Å². The number of para-hydroxylation sites is 1. The largest absolute Gasteiger partial charge is 0.573 e. The van der Waals surface area contributed by atoms with Crippen molar-refractivity contribution in [3.8, 4) is 5.75 Å². The molecule has 1 aromatic carbocycles. The van der Waals surface area contributed by atoms with Gasteiger partial charge in [-0.3, -0.25) is 4.99 Å². The monoisotopic (exact) mass is 372 g/mol. The smallest absolute Gasteiger partial charge is 0.405 e. The molecule has 2 N–H and O–H groups in total. The summed E-state index contributed by atoms with van der Waals surface area (Å²) in [4.78, 5) is 6.46. The van der Waals surface area contributed by atoms with Crippen LogP contribution in [0.1, 0.15) is 24.8 Å². The molecule has 0 saturated carbocycles. The second-order valence-corrected chi connectivity index (χ2v) is 6.54. The first-order chi connectivity index (χ1) is 12.4. The molecule has 0 aromatic heterocycles. The molecule has 1 fully saturated rings. The number of ether oxygens (including phenoxy) is 1. The molecule has 0 radical (unpaired) electrons.